The maximum absolute atomic E-state index is 11.3. The van der Waals surface area contributed by atoms with Gasteiger partial charge in [-0.05, 0) is 12.8 Å². The van der Waals surface area contributed by atoms with E-state index in [4.69, 9.17) is 0 Å². The Balaban J connectivity index is 2.52. The van der Waals surface area contributed by atoms with Gasteiger partial charge in [0.05, 0.1) is 5.69 Å². The number of aromatic carboxylic acids is 1. The van der Waals surface area contributed by atoms with Crippen molar-refractivity contribution >= 4 is 5.97 Å². The van der Waals surface area contributed by atoms with Gasteiger partial charge in [0.1, 0.15) is 17.0 Å². The van der Waals surface area contributed by atoms with Gasteiger partial charge in [-0.15, -0.1) is 0 Å². The zero-order valence-electron chi connectivity index (χ0n) is 11.2. The molecule has 0 amide bonds. The molecule has 6 heteroatoms. The Morgan fingerprint density at radius 2 is 2.00 bits per heavy atom. The zero-order chi connectivity index (χ0) is 14.0. The molecule has 0 unspecified atom stereocenters. The molecule has 0 aliphatic carbocycles. The third-order valence-corrected chi connectivity index (χ3v) is 2.65. The Morgan fingerprint density at radius 3 is 2.58 bits per heavy atom. The van der Waals surface area contributed by atoms with Crippen molar-refractivity contribution in [3.8, 4) is 11.4 Å². The van der Waals surface area contributed by atoms with Gasteiger partial charge in [-0.25, -0.2) is 4.79 Å². The van der Waals surface area contributed by atoms with Gasteiger partial charge in [0.2, 0.25) is 0 Å². The summed E-state index contributed by atoms with van der Waals surface area (Å²) in [5.41, 5.74) is 1.71. The van der Waals surface area contributed by atoms with Crippen LogP contribution in [0.1, 0.15) is 29.9 Å². The molecule has 0 atom stereocenters. The van der Waals surface area contributed by atoms with Crippen LogP contribution in [0.4, 0.5) is 0 Å². The highest BCUT2D eigenvalue weighted by Gasteiger charge is 2.20. The molecule has 2 heterocycles. The molecule has 0 aliphatic rings. The molecule has 0 spiro atoms. The minimum Gasteiger partial charge on any atom is -0.478 e. The van der Waals surface area contributed by atoms with Crippen LogP contribution in [-0.2, 0) is 6.54 Å². The minimum atomic E-state index is -1.00. The highest BCUT2D eigenvalue weighted by Crippen LogP contribution is 2.22. The van der Waals surface area contributed by atoms with Crippen LogP contribution in [0.2, 0.25) is 0 Å². The molecule has 100 valence electrons. The summed E-state index contributed by atoms with van der Waals surface area (Å²) in [6.07, 6.45) is 4.66. The molecule has 0 saturated heterocycles. The fraction of sp³-hybridized carbons (Fsp3) is 0.385. The number of carboxylic acids is 1. The third-order valence-electron chi connectivity index (χ3n) is 2.65. The van der Waals surface area contributed by atoms with Gasteiger partial charge < -0.3 is 5.11 Å². The summed E-state index contributed by atoms with van der Waals surface area (Å²) in [5.74, 6) is -0.618. The zero-order valence-corrected chi connectivity index (χ0v) is 11.2. The molecule has 0 bridgehead atoms. The lowest BCUT2D eigenvalue weighted by atomic mass is 10.1. The van der Waals surface area contributed by atoms with Crippen molar-refractivity contribution in [2.24, 2.45) is 5.92 Å². The van der Waals surface area contributed by atoms with Crippen LogP contribution >= 0.6 is 0 Å². The molecule has 0 fully saturated rings. The van der Waals surface area contributed by atoms with E-state index < -0.39 is 5.97 Å². The van der Waals surface area contributed by atoms with Gasteiger partial charge in [-0.3, -0.25) is 14.6 Å². The highest BCUT2D eigenvalue weighted by atomic mass is 16.4. The first-order chi connectivity index (χ1) is 8.99. The number of carbonyl (C=O) groups is 1. The molecule has 0 aliphatic heterocycles. The van der Waals surface area contributed by atoms with Gasteiger partial charge in [-0.2, -0.15) is 5.10 Å². The lowest BCUT2D eigenvalue weighted by Gasteiger charge is -2.04. The fourth-order valence-corrected chi connectivity index (χ4v) is 1.86. The number of aromatic nitrogens is 4. The maximum atomic E-state index is 11.3. The van der Waals surface area contributed by atoms with Crippen LogP contribution in [0.5, 0.6) is 0 Å². The molecule has 0 radical (unpaired) electrons. The average molecular weight is 260 g/mol. The second-order valence-electron chi connectivity index (χ2n) is 4.80. The smallest absolute Gasteiger partial charge is 0.339 e. The van der Waals surface area contributed by atoms with Gasteiger partial charge in [-0.1, -0.05) is 13.8 Å². The third kappa shape index (κ3) is 2.78. The molecule has 6 nitrogen and oxygen atoms in total. The molecule has 1 N–H and O–H groups in total. The van der Waals surface area contributed by atoms with Crippen LogP contribution in [-0.4, -0.2) is 30.8 Å². The monoisotopic (exact) mass is 260 g/mol. The summed E-state index contributed by atoms with van der Waals surface area (Å²) in [7, 11) is 0. The van der Waals surface area contributed by atoms with E-state index >= 15 is 0 Å². The molecule has 2 aromatic heterocycles. The lowest BCUT2D eigenvalue weighted by molar-refractivity contribution is 0.0697. The number of hydrogen-bond donors (Lipinski definition) is 1. The van der Waals surface area contributed by atoms with Crippen LogP contribution in [0.3, 0.4) is 0 Å². The topological polar surface area (TPSA) is 80.9 Å². The summed E-state index contributed by atoms with van der Waals surface area (Å²) < 4.78 is 1.65. The highest BCUT2D eigenvalue weighted by molar-refractivity contribution is 5.94. The Labute approximate surface area is 111 Å². The first kappa shape index (κ1) is 13.2. The first-order valence-electron chi connectivity index (χ1n) is 6.07. The van der Waals surface area contributed by atoms with E-state index in [1.54, 1.807) is 24.0 Å². The quantitative estimate of drug-likeness (QED) is 0.909. The van der Waals surface area contributed by atoms with E-state index in [0.29, 0.717) is 29.5 Å². The molecule has 0 saturated carbocycles. The Bertz CT molecular complexity index is 604. The summed E-state index contributed by atoms with van der Waals surface area (Å²) in [4.78, 5) is 19.6. The number of carboxylic acid groups (broad SMARTS) is 1. The first-order valence-corrected chi connectivity index (χ1v) is 6.07. The largest absolute Gasteiger partial charge is 0.478 e. The predicted octanol–water partition coefficient (Wildman–Crippen LogP) is 2.00. The van der Waals surface area contributed by atoms with Crippen LogP contribution < -0.4 is 0 Å². The predicted molar refractivity (Wildman–Crippen MR) is 69.8 cm³/mol. The van der Waals surface area contributed by atoms with Crippen molar-refractivity contribution in [1.29, 1.82) is 0 Å². The molecule has 19 heavy (non-hydrogen) atoms. The van der Waals surface area contributed by atoms with Gasteiger partial charge in [0.15, 0.2) is 0 Å². The normalized spacial score (nSPS) is 10.9. The van der Waals surface area contributed by atoms with E-state index in [0.717, 1.165) is 0 Å². The van der Waals surface area contributed by atoms with Gasteiger partial charge in [0, 0.05) is 25.1 Å². The number of aryl methyl sites for hydroxylation is 1. The maximum Gasteiger partial charge on any atom is 0.339 e. The van der Waals surface area contributed by atoms with E-state index in [-0.39, 0.29) is 5.56 Å². The second-order valence-corrected chi connectivity index (χ2v) is 4.80. The van der Waals surface area contributed by atoms with Crippen molar-refractivity contribution in [2.75, 3.05) is 0 Å². The Hall–Kier alpha value is -2.24. The van der Waals surface area contributed by atoms with E-state index in [9.17, 15) is 9.90 Å². The Morgan fingerprint density at radius 1 is 1.32 bits per heavy atom. The van der Waals surface area contributed by atoms with Crippen LogP contribution in [0, 0.1) is 12.8 Å². The molecule has 2 rings (SSSR count). The summed E-state index contributed by atoms with van der Waals surface area (Å²) >= 11 is 0. The SMILES string of the molecule is Cc1nccnc1-c1nn(CC(C)C)cc1C(=O)O. The van der Waals surface area contributed by atoms with E-state index in [1.807, 2.05) is 0 Å². The standard InChI is InChI=1S/C13H16N4O2/c1-8(2)6-17-7-10(13(18)19)12(16-17)11-9(3)14-4-5-15-11/h4-5,7-8H,6H2,1-3H3,(H,18,19). The van der Waals surface area contributed by atoms with Crippen molar-refractivity contribution in [3.05, 3.63) is 29.8 Å². The second kappa shape index (κ2) is 5.17. The lowest BCUT2D eigenvalue weighted by Crippen LogP contribution is -2.05. The van der Waals surface area contributed by atoms with E-state index in [1.165, 1.54) is 6.20 Å². The van der Waals surface area contributed by atoms with E-state index in [2.05, 4.69) is 28.9 Å². The Kier molecular flexibility index (Phi) is 3.59. The number of hydrogen-bond acceptors (Lipinski definition) is 4. The van der Waals surface area contributed by atoms with Crippen molar-refractivity contribution < 1.29 is 9.90 Å². The summed E-state index contributed by atoms with van der Waals surface area (Å²) in [6, 6.07) is 0. The van der Waals surface area contributed by atoms with Gasteiger partial charge in [0.25, 0.3) is 0 Å². The number of rotatable bonds is 4. The molecule has 2 aromatic rings. The average Bonchev–Trinajstić information content (AvgIpc) is 2.72. The number of nitrogens with zero attached hydrogens (tertiary/aromatic N) is 4. The van der Waals surface area contributed by atoms with Gasteiger partial charge >= 0.3 is 5.97 Å². The summed E-state index contributed by atoms with van der Waals surface area (Å²) in [5, 5.41) is 13.6. The molecular formula is C13H16N4O2. The molecular weight excluding hydrogens is 244 g/mol. The van der Waals surface area contributed by atoms with Crippen molar-refractivity contribution in [2.45, 2.75) is 27.3 Å². The molecule has 0 aromatic carbocycles. The van der Waals surface area contributed by atoms with Crippen molar-refractivity contribution in [1.82, 2.24) is 19.7 Å². The van der Waals surface area contributed by atoms with Crippen molar-refractivity contribution in [3.63, 3.8) is 0 Å². The summed E-state index contributed by atoms with van der Waals surface area (Å²) in [6.45, 7) is 6.56. The van der Waals surface area contributed by atoms with Crippen LogP contribution in [0.15, 0.2) is 18.6 Å². The minimum absolute atomic E-state index is 0.157. The fourth-order valence-electron chi connectivity index (χ4n) is 1.86. The van der Waals surface area contributed by atoms with Crippen LogP contribution in [0.25, 0.3) is 11.4 Å².